The van der Waals surface area contributed by atoms with Crippen LogP contribution in [0.2, 0.25) is 0 Å². The number of β-amino-alcohol motifs (C(OH)–C–C–N with tert-alkyl or cyclic N) is 1. The van der Waals surface area contributed by atoms with Gasteiger partial charge in [0.05, 0.1) is 30.0 Å². The zero-order valence-electron chi connectivity index (χ0n) is 18.4. The van der Waals surface area contributed by atoms with Gasteiger partial charge in [-0.3, -0.25) is 4.79 Å². The molecule has 1 aromatic carbocycles. The average molecular weight is 454 g/mol. The normalized spacial score (nSPS) is 21.4. The van der Waals surface area contributed by atoms with Gasteiger partial charge in [-0.05, 0) is 48.8 Å². The second-order valence-corrected chi connectivity index (χ2v) is 8.73. The summed E-state index contributed by atoms with van der Waals surface area (Å²) in [4.78, 5) is 28.4. The highest BCUT2D eigenvalue weighted by Crippen LogP contribution is 2.43. The molecule has 1 amide bonds. The number of esters is 1. The Balaban J connectivity index is 1.21. The van der Waals surface area contributed by atoms with E-state index in [4.69, 9.17) is 9.47 Å². The molecule has 3 aliphatic heterocycles. The highest BCUT2D eigenvalue weighted by atomic mass is 16.5. The third-order valence-corrected chi connectivity index (χ3v) is 6.94. The summed E-state index contributed by atoms with van der Waals surface area (Å²) in [6.45, 7) is 2.68. The van der Waals surface area contributed by atoms with Crippen LogP contribution >= 0.6 is 0 Å². The second-order valence-electron chi connectivity index (χ2n) is 8.73. The summed E-state index contributed by atoms with van der Waals surface area (Å²) in [7, 11) is 1.56. The molecule has 11 nitrogen and oxygen atoms in total. The number of nitrogens with zero attached hydrogens (tertiary/aromatic N) is 6. The number of cyclic esters (lactones) is 1. The fourth-order valence-electron chi connectivity index (χ4n) is 4.98. The van der Waals surface area contributed by atoms with Crippen molar-refractivity contribution in [3.8, 4) is 11.4 Å². The highest BCUT2D eigenvalue weighted by molar-refractivity contribution is 5.90. The summed E-state index contributed by atoms with van der Waals surface area (Å²) in [6, 6.07) is 5.45. The van der Waals surface area contributed by atoms with Crippen LogP contribution in [0.3, 0.4) is 0 Å². The number of rotatable bonds is 6. The Morgan fingerprint density at radius 3 is 2.67 bits per heavy atom. The van der Waals surface area contributed by atoms with Crippen molar-refractivity contribution in [1.29, 1.82) is 0 Å². The van der Waals surface area contributed by atoms with E-state index in [1.54, 1.807) is 18.1 Å². The van der Waals surface area contributed by atoms with Crippen molar-refractivity contribution in [2.75, 3.05) is 39.9 Å². The van der Waals surface area contributed by atoms with Gasteiger partial charge in [-0.15, -0.1) is 5.10 Å². The van der Waals surface area contributed by atoms with Crippen molar-refractivity contribution in [2.24, 2.45) is 5.41 Å². The van der Waals surface area contributed by atoms with Crippen LogP contribution in [0.15, 0.2) is 36.3 Å². The molecule has 0 aliphatic carbocycles. The number of aliphatic hydroxyl groups is 1. The molecule has 1 atom stereocenters. The summed E-state index contributed by atoms with van der Waals surface area (Å²) in [5, 5.41) is 22.1. The standard InChI is InChI=1S/C22H26N6O5/c1-32-19-10-15(28-14-23-24-25-28)2-3-17(19)18(29)12-26-7-4-22(5-8-26)6-9-27(21(22)31)16-11-20(30)33-13-16/h2-3,10-11,14,18,29H,4-9,12-13H2,1H3/t18-/m0/s1. The molecule has 0 radical (unpaired) electrons. The first kappa shape index (κ1) is 21.5. The smallest absolute Gasteiger partial charge is 0.333 e. The monoisotopic (exact) mass is 454 g/mol. The van der Waals surface area contributed by atoms with Gasteiger partial charge in [-0.2, -0.15) is 0 Å². The van der Waals surface area contributed by atoms with E-state index in [0.29, 0.717) is 30.1 Å². The van der Waals surface area contributed by atoms with Crippen LogP contribution in [0.25, 0.3) is 5.69 Å². The number of amides is 1. The first-order chi connectivity index (χ1) is 16.0. The molecule has 2 saturated heterocycles. The minimum Gasteiger partial charge on any atom is -0.496 e. The number of piperidine rings is 1. The first-order valence-corrected chi connectivity index (χ1v) is 11.0. The number of aliphatic hydroxyl groups excluding tert-OH is 1. The van der Waals surface area contributed by atoms with Crippen molar-refractivity contribution in [3.05, 3.63) is 41.9 Å². The van der Waals surface area contributed by atoms with Crippen LogP contribution < -0.4 is 4.74 Å². The lowest BCUT2D eigenvalue weighted by molar-refractivity contribution is -0.138. The molecule has 2 fully saturated rings. The summed E-state index contributed by atoms with van der Waals surface area (Å²) >= 11 is 0. The molecule has 1 aromatic heterocycles. The minimum atomic E-state index is -0.737. The maximum atomic E-state index is 13.2. The van der Waals surface area contributed by atoms with E-state index in [9.17, 15) is 14.7 Å². The van der Waals surface area contributed by atoms with Crippen molar-refractivity contribution in [1.82, 2.24) is 30.0 Å². The van der Waals surface area contributed by atoms with E-state index in [2.05, 4.69) is 20.4 Å². The quantitative estimate of drug-likeness (QED) is 0.620. The maximum Gasteiger partial charge on any atom is 0.333 e. The van der Waals surface area contributed by atoms with E-state index in [1.807, 2.05) is 12.1 Å². The number of carbonyl (C=O) groups excluding carboxylic acids is 2. The van der Waals surface area contributed by atoms with Gasteiger partial charge in [-0.1, -0.05) is 6.07 Å². The number of hydrogen-bond acceptors (Lipinski definition) is 9. The Hall–Kier alpha value is -3.31. The molecule has 0 unspecified atom stereocenters. The topological polar surface area (TPSA) is 123 Å². The van der Waals surface area contributed by atoms with E-state index in [1.165, 1.54) is 17.1 Å². The average Bonchev–Trinajstić information content (AvgIpc) is 3.57. The highest BCUT2D eigenvalue weighted by Gasteiger charge is 2.49. The molecule has 1 spiro atoms. The summed E-state index contributed by atoms with van der Waals surface area (Å²) in [6.07, 6.45) is 4.41. The molecule has 0 bridgehead atoms. The Bertz CT molecular complexity index is 1080. The molecule has 4 heterocycles. The van der Waals surface area contributed by atoms with Gasteiger partial charge in [0.1, 0.15) is 18.7 Å². The Labute approximate surface area is 190 Å². The number of tetrazole rings is 1. The van der Waals surface area contributed by atoms with Crippen LogP contribution in [-0.4, -0.2) is 86.9 Å². The molecule has 174 valence electrons. The molecular weight excluding hydrogens is 428 g/mol. The van der Waals surface area contributed by atoms with E-state index in [0.717, 1.165) is 38.0 Å². The van der Waals surface area contributed by atoms with Gasteiger partial charge in [0.2, 0.25) is 5.91 Å². The molecule has 11 heteroatoms. The number of benzene rings is 1. The zero-order chi connectivity index (χ0) is 23.0. The van der Waals surface area contributed by atoms with Crippen LogP contribution in [-0.2, 0) is 14.3 Å². The van der Waals surface area contributed by atoms with Crippen molar-refractivity contribution < 1.29 is 24.2 Å². The van der Waals surface area contributed by atoms with Gasteiger partial charge in [0, 0.05) is 30.8 Å². The zero-order valence-corrected chi connectivity index (χ0v) is 18.4. The largest absolute Gasteiger partial charge is 0.496 e. The summed E-state index contributed by atoms with van der Waals surface area (Å²) in [5.74, 6) is 0.267. The van der Waals surface area contributed by atoms with Crippen LogP contribution in [0.4, 0.5) is 0 Å². The first-order valence-electron chi connectivity index (χ1n) is 11.0. The van der Waals surface area contributed by atoms with E-state index in [-0.39, 0.29) is 23.9 Å². The fourth-order valence-corrected chi connectivity index (χ4v) is 4.98. The van der Waals surface area contributed by atoms with Crippen LogP contribution in [0.1, 0.15) is 30.9 Å². The second kappa shape index (κ2) is 8.56. The molecule has 1 N–H and O–H groups in total. The molecule has 2 aromatic rings. The van der Waals surface area contributed by atoms with Gasteiger partial charge in [-0.25, -0.2) is 9.48 Å². The number of hydrogen-bond donors (Lipinski definition) is 1. The fraction of sp³-hybridized carbons (Fsp3) is 0.500. The molecule has 3 aliphatic rings. The Morgan fingerprint density at radius 1 is 1.21 bits per heavy atom. The predicted molar refractivity (Wildman–Crippen MR) is 114 cm³/mol. The van der Waals surface area contributed by atoms with Gasteiger partial charge < -0.3 is 24.4 Å². The summed E-state index contributed by atoms with van der Waals surface area (Å²) in [5.41, 5.74) is 1.70. The minimum absolute atomic E-state index is 0.0899. The van der Waals surface area contributed by atoms with Gasteiger partial charge in [0.15, 0.2) is 0 Å². The molecule has 5 rings (SSSR count). The number of likely N-dealkylation sites (tertiary alicyclic amines) is 2. The lowest BCUT2D eigenvalue weighted by atomic mass is 9.77. The molecule has 0 saturated carbocycles. The van der Waals surface area contributed by atoms with Crippen LogP contribution in [0.5, 0.6) is 5.75 Å². The van der Waals surface area contributed by atoms with Crippen molar-refractivity contribution in [3.63, 3.8) is 0 Å². The lowest BCUT2D eigenvalue weighted by Gasteiger charge is -2.38. The number of aromatic nitrogens is 4. The molecule has 33 heavy (non-hydrogen) atoms. The third kappa shape index (κ3) is 3.98. The van der Waals surface area contributed by atoms with E-state index >= 15 is 0 Å². The number of methoxy groups -OCH3 is 1. The molecular formula is C22H26N6O5. The Kier molecular flexibility index (Phi) is 5.59. The number of carbonyl (C=O) groups is 2. The SMILES string of the molecule is COc1cc(-n2cnnn2)ccc1[C@@H](O)CN1CCC2(CC1)CCN(C1=CC(=O)OC1)C2=O. The van der Waals surface area contributed by atoms with Gasteiger partial charge in [0.25, 0.3) is 0 Å². The third-order valence-electron chi connectivity index (χ3n) is 6.94. The maximum absolute atomic E-state index is 13.2. The summed E-state index contributed by atoms with van der Waals surface area (Å²) < 4.78 is 12.0. The van der Waals surface area contributed by atoms with Crippen LogP contribution in [0, 0.1) is 5.41 Å². The number of ether oxygens (including phenoxy) is 2. The van der Waals surface area contributed by atoms with E-state index < -0.39 is 6.10 Å². The van der Waals surface area contributed by atoms with Crippen molar-refractivity contribution in [2.45, 2.75) is 25.4 Å². The van der Waals surface area contributed by atoms with Crippen molar-refractivity contribution >= 4 is 11.9 Å². The lowest BCUT2D eigenvalue weighted by Crippen LogP contribution is -2.45. The van der Waals surface area contributed by atoms with Gasteiger partial charge >= 0.3 is 5.97 Å². The Morgan fingerprint density at radius 2 is 2.00 bits per heavy atom. The predicted octanol–water partition coefficient (Wildman–Crippen LogP) is 0.460.